The molecule has 1 aromatic heterocycles. The third-order valence-corrected chi connectivity index (χ3v) is 4.87. The molecule has 2 nitrogen and oxygen atoms in total. The topological polar surface area (TPSA) is 15.3 Å². The lowest BCUT2D eigenvalue weighted by Gasteiger charge is -2.26. The Morgan fingerprint density at radius 2 is 2.35 bits per heavy atom. The van der Waals surface area contributed by atoms with Crippen LogP contribution in [0.2, 0.25) is 0 Å². The van der Waals surface area contributed by atoms with Gasteiger partial charge in [-0.15, -0.1) is 11.3 Å². The molecule has 0 radical (unpaired) electrons. The summed E-state index contributed by atoms with van der Waals surface area (Å²) in [6.45, 7) is 7.08. The van der Waals surface area contributed by atoms with Gasteiger partial charge >= 0.3 is 0 Å². The maximum Gasteiger partial charge on any atom is 0.0330 e. The first kappa shape index (κ1) is 11.7. The first-order valence-electron chi connectivity index (χ1n) is 6.90. The highest BCUT2D eigenvalue weighted by atomic mass is 32.1. The molecule has 2 aliphatic rings. The molecule has 1 fully saturated rings. The van der Waals surface area contributed by atoms with Gasteiger partial charge in [0.05, 0.1) is 0 Å². The van der Waals surface area contributed by atoms with Gasteiger partial charge in [-0.1, -0.05) is 6.92 Å². The lowest BCUT2D eigenvalue weighted by molar-refractivity contribution is 0.257. The maximum absolute atomic E-state index is 3.64. The molecule has 0 unspecified atom stereocenters. The third kappa shape index (κ3) is 2.72. The maximum atomic E-state index is 3.64. The van der Waals surface area contributed by atoms with E-state index in [1.165, 1.54) is 45.3 Å². The highest BCUT2D eigenvalue weighted by Gasteiger charge is 2.23. The molecule has 0 bridgehead atoms. The minimum absolute atomic E-state index is 0.825. The van der Waals surface area contributed by atoms with Crippen molar-refractivity contribution in [2.75, 3.05) is 13.1 Å². The van der Waals surface area contributed by atoms with Crippen LogP contribution in [-0.4, -0.2) is 24.0 Å². The molecule has 1 aliphatic heterocycles. The average molecular weight is 250 g/mol. The second-order valence-corrected chi connectivity index (χ2v) is 6.31. The predicted molar refractivity (Wildman–Crippen MR) is 73.5 cm³/mol. The molecule has 3 heteroatoms. The van der Waals surface area contributed by atoms with Gasteiger partial charge in [0.1, 0.15) is 0 Å². The van der Waals surface area contributed by atoms with Crippen molar-refractivity contribution in [2.45, 2.75) is 51.7 Å². The second kappa shape index (κ2) is 5.09. The number of hydrogen-bond acceptors (Lipinski definition) is 3. The van der Waals surface area contributed by atoms with E-state index in [9.17, 15) is 0 Å². The summed E-state index contributed by atoms with van der Waals surface area (Å²) in [5, 5.41) is 6.02. The Kier molecular flexibility index (Phi) is 3.50. The Bertz CT molecular complexity index is 382. The molecule has 1 saturated carbocycles. The van der Waals surface area contributed by atoms with E-state index in [0.29, 0.717) is 0 Å². The normalized spacial score (nSPS) is 20.5. The first-order valence-corrected chi connectivity index (χ1v) is 7.78. The van der Waals surface area contributed by atoms with Gasteiger partial charge < -0.3 is 5.32 Å². The van der Waals surface area contributed by atoms with Crippen LogP contribution in [-0.2, 0) is 19.5 Å². The predicted octanol–water partition coefficient (Wildman–Crippen LogP) is 2.77. The molecule has 0 atom stereocenters. The van der Waals surface area contributed by atoms with Crippen molar-refractivity contribution in [2.24, 2.45) is 0 Å². The second-order valence-electron chi connectivity index (χ2n) is 5.34. The van der Waals surface area contributed by atoms with Gasteiger partial charge in [0.25, 0.3) is 0 Å². The van der Waals surface area contributed by atoms with Gasteiger partial charge in [0, 0.05) is 30.6 Å². The van der Waals surface area contributed by atoms with Crippen LogP contribution in [0.15, 0.2) is 5.38 Å². The number of rotatable bonds is 5. The van der Waals surface area contributed by atoms with Gasteiger partial charge in [-0.2, -0.15) is 0 Å². The monoisotopic (exact) mass is 250 g/mol. The summed E-state index contributed by atoms with van der Waals surface area (Å²) in [7, 11) is 0. The minimum Gasteiger partial charge on any atom is -0.310 e. The molecular formula is C14H22N2S. The highest BCUT2D eigenvalue weighted by Crippen LogP contribution is 2.29. The summed E-state index contributed by atoms with van der Waals surface area (Å²) in [5.41, 5.74) is 3.24. The van der Waals surface area contributed by atoms with Crippen molar-refractivity contribution in [1.29, 1.82) is 0 Å². The third-order valence-electron chi connectivity index (χ3n) is 3.81. The lowest BCUT2D eigenvalue weighted by atomic mass is 10.0. The minimum atomic E-state index is 0.825. The number of nitrogens with zero attached hydrogens (tertiary/aromatic N) is 1. The van der Waals surface area contributed by atoms with E-state index < -0.39 is 0 Å². The van der Waals surface area contributed by atoms with E-state index in [1.807, 2.05) is 11.3 Å². The molecule has 1 N–H and O–H groups in total. The molecule has 0 amide bonds. The van der Waals surface area contributed by atoms with Crippen molar-refractivity contribution < 1.29 is 0 Å². The zero-order valence-electron chi connectivity index (χ0n) is 10.7. The Hall–Kier alpha value is -0.380. The molecule has 2 heterocycles. The van der Waals surface area contributed by atoms with Crippen LogP contribution in [0.1, 0.15) is 42.2 Å². The Labute approximate surface area is 108 Å². The van der Waals surface area contributed by atoms with Crippen LogP contribution < -0.4 is 5.32 Å². The Morgan fingerprint density at radius 3 is 3.12 bits per heavy atom. The molecule has 1 aromatic rings. The summed E-state index contributed by atoms with van der Waals surface area (Å²) in [5.74, 6) is 0. The Morgan fingerprint density at radius 1 is 1.47 bits per heavy atom. The molecule has 3 rings (SSSR count). The fourth-order valence-electron chi connectivity index (χ4n) is 2.65. The molecule has 0 spiro atoms. The molecule has 1 aliphatic carbocycles. The zero-order chi connectivity index (χ0) is 11.7. The SMILES string of the molecule is CCCN1CCc2c(CNC3CC3)csc2C1. The van der Waals surface area contributed by atoms with E-state index in [2.05, 4.69) is 22.5 Å². The number of thiophene rings is 1. The van der Waals surface area contributed by atoms with Gasteiger partial charge in [-0.05, 0) is 48.7 Å². The quantitative estimate of drug-likeness (QED) is 0.864. The van der Waals surface area contributed by atoms with Gasteiger partial charge in [-0.3, -0.25) is 4.90 Å². The average Bonchev–Trinajstić information content (AvgIpc) is 3.08. The van der Waals surface area contributed by atoms with Gasteiger partial charge in [-0.25, -0.2) is 0 Å². The van der Waals surface area contributed by atoms with Crippen molar-refractivity contribution in [1.82, 2.24) is 10.2 Å². The summed E-state index contributed by atoms with van der Waals surface area (Å²) in [4.78, 5) is 4.22. The van der Waals surface area contributed by atoms with E-state index in [1.54, 1.807) is 16.0 Å². The van der Waals surface area contributed by atoms with Crippen molar-refractivity contribution in [3.63, 3.8) is 0 Å². The molecule has 94 valence electrons. The molecule has 0 aromatic carbocycles. The van der Waals surface area contributed by atoms with Crippen molar-refractivity contribution in [3.05, 3.63) is 21.4 Å². The molecule has 0 saturated heterocycles. The highest BCUT2D eigenvalue weighted by molar-refractivity contribution is 7.10. The van der Waals surface area contributed by atoms with Crippen molar-refractivity contribution >= 4 is 11.3 Å². The summed E-state index contributed by atoms with van der Waals surface area (Å²) in [6, 6.07) is 0.825. The number of fused-ring (bicyclic) bond motifs is 1. The van der Waals surface area contributed by atoms with Crippen LogP contribution >= 0.6 is 11.3 Å². The van der Waals surface area contributed by atoms with Crippen LogP contribution in [0.4, 0.5) is 0 Å². The summed E-state index contributed by atoms with van der Waals surface area (Å²) >= 11 is 1.97. The largest absolute Gasteiger partial charge is 0.310 e. The fourth-order valence-corrected chi connectivity index (χ4v) is 3.79. The lowest BCUT2D eigenvalue weighted by Crippen LogP contribution is -2.30. The van der Waals surface area contributed by atoms with Crippen molar-refractivity contribution in [3.8, 4) is 0 Å². The molecule has 17 heavy (non-hydrogen) atoms. The smallest absolute Gasteiger partial charge is 0.0330 e. The van der Waals surface area contributed by atoms with E-state index in [0.717, 1.165) is 12.6 Å². The van der Waals surface area contributed by atoms with Crippen LogP contribution in [0, 0.1) is 0 Å². The van der Waals surface area contributed by atoms with E-state index in [-0.39, 0.29) is 0 Å². The van der Waals surface area contributed by atoms with Gasteiger partial charge in [0.15, 0.2) is 0 Å². The molecular weight excluding hydrogens is 228 g/mol. The van der Waals surface area contributed by atoms with Crippen LogP contribution in [0.25, 0.3) is 0 Å². The number of nitrogens with one attached hydrogen (secondary N) is 1. The summed E-state index contributed by atoms with van der Waals surface area (Å²) in [6.07, 6.45) is 5.31. The van der Waals surface area contributed by atoms with Gasteiger partial charge in [0.2, 0.25) is 0 Å². The van der Waals surface area contributed by atoms with Crippen LogP contribution in [0.3, 0.4) is 0 Å². The number of hydrogen-bond donors (Lipinski definition) is 1. The zero-order valence-corrected chi connectivity index (χ0v) is 11.5. The Balaban J connectivity index is 1.64. The van der Waals surface area contributed by atoms with E-state index in [4.69, 9.17) is 0 Å². The van der Waals surface area contributed by atoms with E-state index >= 15 is 0 Å². The van der Waals surface area contributed by atoms with Crippen LogP contribution in [0.5, 0.6) is 0 Å². The standard InChI is InChI=1S/C14H22N2S/c1-2-6-16-7-5-13-11(8-15-12-3-4-12)10-17-14(13)9-16/h10,12,15H,2-9H2,1H3. The summed E-state index contributed by atoms with van der Waals surface area (Å²) < 4.78 is 0. The fraction of sp³-hybridized carbons (Fsp3) is 0.714. The first-order chi connectivity index (χ1) is 8.36.